The van der Waals surface area contributed by atoms with Crippen molar-refractivity contribution in [3.05, 3.63) is 93.0 Å². The molecule has 7 nitrogen and oxygen atoms in total. The topological polar surface area (TPSA) is 99.1 Å². The number of ketones is 2. The second kappa shape index (κ2) is 10.9. The number of benzene rings is 3. The van der Waals surface area contributed by atoms with E-state index in [1.807, 2.05) is 0 Å². The van der Waals surface area contributed by atoms with Gasteiger partial charge >= 0.3 is 232 Å². The van der Waals surface area contributed by atoms with Crippen molar-refractivity contribution in [2.75, 3.05) is 32.6 Å². The molecule has 0 aliphatic carbocycles. The van der Waals surface area contributed by atoms with Gasteiger partial charge in [0.05, 0.1) is 0 Å². The van der Waals surface area contributed by atoms with E-state index in [4.69, 9.17) is 36.8 Å². The van der Waals surface area contributed by atoms with Gasteiger partial charge in [0.1, 0.15) is 0 Å². The van der Waals surface area contributed by atoms with Crippen molar-refractivity contribution >= 4 is 60.0 Å². The van der Waals surface area contributed by atoms with Crippen LogP contribution < -0.4 is 10.6 Å². The van der Waals surface area contributed by atoms with Crippen molar-refractivity contribution in [2.45, 2.75) is 13.8 Å². The molecule has 1 fully saturated rings. The standard InChI is InChI=1S/C27H28Cl2O7P2/c1-4-34-37(32,35-5-2)21-10-6-18(7-11-21)26(30)22-12-8-19(16-25(22)38(3,33)15-14-36-38)27(31)23-17-20(28)9-13-24(23)29/h6-13,16-17,33H,4-5,14-15H2,1-3H3. The van der Waals surface area contributed by atoms with E-state index in [9.17, 15) is 19.0 Å². The van der Waals surface area contributed by atoms with Crippen LogP contribution in [0.2, 0.25) is 10.0 Å². The summed E-state index contributed by atoms with van der Waals surface area (Å²) in [4.78, 5) is 38.6. The first kappa shape index (κ1) is 29.1. The Bertz CT molecular complexity index is 1440. The Labute approximate surface area is 231 Å². The Hall–Kier alpha value is -1.92. The van der Waals surface area contributed by atoms with E-state index in [2.05, 4.69) is 0 Å². The third-order valence-electron chi connectivity index (χ3n) is 6.39. The summed E-state index contributed by atoms with van der Waals surface area (Å²) >= 11 is 12.3. The number of carbonyl (C=O) groups excluding carboxylic acids is 2. The summed E-state index contributed by atoms with van der Waals surface area (Å²) in [5.74, 6) is -0.784. The molecule has 0 amide bonds. The minimum absolute atomic E-state index is 0.201. The van der Waals surface area contributed by atoms with Crippen molar-refractivity contribution in [3.8, 4) is 0 Å². The van der Waals surface area contributed by atoms with E-state index in [1.165, 1.54) is 54.6 Å². The summed E-state index contributed by atoms with van der Waals surface area (Å²) in [6, 6.07) is 15.3. The van der Waals surface area contributed by atoms with Gasteiger partial charge in [-0.3, -0.25) is 0 Å². The van der Waals surface area contributed by atoms with E-state index in [1.54, 1.807) is 26.6 Å². The Morgan fingerprint density at radius 1 is 0.921 bits per heavy atom. The van der Waals surface area contributed by atoms with Gasteiger partial charge in [-0.1, -0.05) is 0 Å². The number of rotatable bonds is 10. The Morgan fingerprint density at radius 3 is 2.05 bits per heavy atom. The van der Waals surface area contributed by atoms with E-state index < -0.39 is 20.4 Å². The zero-order valence-corrected chi connectivity index (χ0v) is 24.4. The summed E-state index contributed by atoms with van der Waals surface area (Å²) in [6.45, 7) is 5.79. The molecule has 0 saturated carbocycles. The van der Waals surface area contributed by atoms with Crippen molar-refractivity contribution in [1.82, 2.24) is 0 Å². The first-order valence-corrected chi connectivity index (χ1v) is 17.0. The van der Waals surface area contributed by atoms with Gasteiger partial charge in [0.15, 0.2) is 0 Å². The zero-order valence-electron chi connectivity index (χ0n) is 21.1. The van der Waals surface area contributed by atoms with E-state index in [0.717, 1.165) is 0 Å². The van der Waals surface area contributed by atoms with Crippen LogP contribution in [0, 0.1) is 0 Å². The predicted octanol–water partition coefficient (Wildman–Crippen LogP) is 6.01. The number of hydrogen-bond acceptors (Lipinski definition) is 7. The molecule has 202 valence electrons. The minimum atomic E-state index is -3.89. The normalized spacial score (nSPS) is 17.2. The third kappa shape index (κ3) is 5.54. The van der Waals surface area contributed by atoms with Crippen molar-refractivity contribution in [1.29, 1.82) is 0 Å². The maximum absolute atomic E-state index is 13.7. The fraction of sp³-hybridized carbons (Fsp3) is 0.259. The first-order valence-electron chi connectivity index (χ1n) is 12.0. The molecule has 1 saturated heterocycles. The average Bonchev–Trinajstić information content (AvgIpc) is 2.88. The molecule has 1 aliphatic heterocycles. The second-order valence-electron chi connectivity index (χ2n) is 9.08. The Morgan fingerprint density at radius 2 is 1.50 bits per heavy atom. The molecule has 3 aromatic rings. The van der Waals surface area contributed by atoms with Crippen molar-refractivity contribution in [2.24, 2.45) is 0 Å². The molecule has 3 aromatic carbocycles. The number of hydrogen-bond donors (Lipinski definition) is 1. The van der Waals surface area contributed by atoms with Crippen LogP contribution in [0.25, 0.3) is 0 Å². The predicted molar refractivity (Wildman–Crippen MR) is 152 cm³/mol. The van der Waals surface area contributed by atoms with Crippen LogP contribution in [0.4, 0.5) is 0 Å². The number of carbonyl (C=O) groups is 2. The van der Waals surface area contributed by atoms with Gasteiger partial charge < -0.3 is 0 Å². The molecule has 0 atom stereocenters. The number of halogens is 2. The Kier molecular flexibility index (Phi) is 8.36. The summed E-state index contributed by atoms with van der Waals surface area (Å²) in [5, 5.41) is 1.21. The molecule has 1 N–H and O–H groups in total. The van der Waals surface area contributed by atoms with Gasteiger partial charge in [-0.25, -0.2) is 0 Å². The van der Waals surface area contributed by atoms with Gasteiger partial charge in [0, 0.05) is 0 Å². The second-order valence-corrected chi connectivity index (χ2v) is 16.4. The van der Waals surface area contributed by atoms with Gasteiger partial charge in [0.2, 0.25) is 0 Å². The molecule has 0 spiro atoms. The summed E-state index contributed by atoms with van der Waals surface area (Å²) in [6.07, 6.45) is 0.353. The van der Waals surface area contributed by atoms with Gasteiger partial charge in [-0.05, 0) is 0 Å². The van der Waals surface area contributed by atoms with Crippen LogP contribution in [0.3, 0.4) is 0 Å². The molecule has 11 heteroatoms. The molecule has 0 bridgehead atoms. The van der Waals surface area contributed by atoms with Crippen molar-refractivity contribution in [3.63, 3.8) is 0 Å². The molecule has 0 radical (unpaired) electrons. The van der Waals surface area contributed by atoms with Gasteiger partial charge in [-0.2, -0.15) is 0 Å². The van der Waals surface area contributed by atoms with Gasteiger partial charge in [-0.15, -0.1) is 0 Å². The summed E-state index contributed by atoms with van der Waals surface area (Å²) < 4.78 is 29.6. The van der Waals surface area contributed by atoms with Crippen LogP contribution >= 0.6 is 37.9 Å². The Balaban J connectivity index is 1.76. The monoisotopic (exact) mass is 596 g/mol. The molecule has 4 rings (SSSR count). The molecule has 1 heterocycles. The zero-order chi connectivity index (χ0) is 27.7. The van der Waals surface area contributed by atoms with Gasteiger partial charge in [0.25, 0.3) is 0 Å². The fourth-order valence-corrected chi connectivity index (χ4v) is 8.76. The van der Waals surface area contributed by atoms with E-state index >= 15 is 0 Å². The van der Waals surface area contributed by atoms with Crippen LogP contribution in [0.15, 0.2) is 60.7 Å². The van der Waals surface area contributed by atoms with Crippen molar-refractivity contribution < 1.29 is 32.6 Å². The quantitative estimate of drug-likeness (QED) is 0.226. The maximum atomic E-state index is 13.7. The molecule has 0 unspecified atom stereocenters. The van der Waals surface area contributed by atoms with Crippen LogP contribution in [-0.2, 0) is 18.1 Å². The molecule has 38 heavy (non-hydrogen) atoms. The van der Waals surface area contributed by atoms with E-state index in [0.29, 0.717) is 28.7 Å². The van der Waals surface area contributed by atoms with Crippen LogP contribution in [-0.4, -0.2) is 49.1 Å². The van der Waals surface area contributed by atoms with Crippen LogP contribution in [0.5, 0.6) is 0 Å². The molecular weight excluding hydrogens is 569 g/mol. The third-order valence-corrected chi connectivity index (χ3v) is 12.8. The van der Waals surface area contributed by atoms with Crippen LogP contribution in [0.1, 0.15) is 45.7 Å². The average molecular weight is 597 g/mol. The molecule has 0 aromatic heterocycles. The SMILES string of the molecule is CCOP(=O)(OCC)c1ccc(C(=O)c2ccc(C(=O)c3cc(Cl)ccc3Cl)cc2P2(C)(O)CCO2)cc1. The fourth-order valence-electron chi connectivity index (χ4n) is 4.28. The molecular formula is C27H28Cl2O7P2. The summed E-state index contributed by atoms with van der Waals surface area (Å²) in [5.41, 5.74) is 0.957. The first-order chi connectivity index (χ1) is 17.9. The van der Waals surface area contributed by atoms with E-state index in [-0.39, 0.29) is 46.0 Å². The molecule has 1 aliphatic rings. The summed E-state index contributed by atoms with van der Waals surface area (Å²) in [7, 11) is -7.40.